The first-order valence-electron chi connectivity index (χ1n) is 11.0. The molecule has 1 aliphatic rings. The summed E-state index contributed by atoms with van der Waals surface area (Å²) in [5, 5.41) is 10.8. The zero-order chi connectivity index (χ0) is 24.4. The van der Waals surface area contributed by atoms with Gasteiger partial charge in [-0.1, -0.05) is 0 Å². The summed E-state index contributed by atoms with van der Waals surface area (Å²) in [6, 6.07) is 7.18. The van der Waals surface area contributed by atoms with Crippen LogP contribution in [0.25, 0.3) is 22.3 Å². The second kappa shape index (κ2) is 9.45. The SMILES string of the molecule is Fc1ccc(Nc2ncnc3ccc(-c4cnn(C5CCNCC5)c4)nc23)c(OCC(F)(F)F)c1. The summed E-state index contributed by atoms with van der Waals surface area (Å²) in [6.45, 7) is 0.329. The molecular formula is C23H21F4N7O. The zero-order valence-corrected chi connectivity index (χ0v) is 18.4. The Hall–Kier alpha value is -3.80. The number of rotatable bonds is 6. The van der Waals surface area contributed by atoms with E-state index in [1.807, 2.05) is 16.9 Å². The van der Waals surface area contributed by atoms with Crippen molar-refractivity contribution in [1.29, 1.82) is 0 Å². The molecule has 8 nitrogen and oxygen atoms in total. The number of aromatic nitrogens is 5. The summed E-state index contributed by atoms with van der Waals surface area (Å²) in [4.78, 5) is 13.1. The lowest BCUT2D eigenvalue weighted by molar-refractivity contribution is -0.153. The standard InChI is InChI=1S/C23H21F4N7O/c24-15-1-2-18(20(9-15)35-12-23(25,26)27)33-22-21-19(29-13-30-22)4-3-17(32-21)14-10-31-34(11-14)16-5-7-28-8-6-16/h1-4,9-11,13,16,28H,5-8,12H2,(H,29,30,33). The molecule has 35 heavy (non-hydrogen) atoms. The molecule has 0 bridgehead atoms. The predicted octanol–water partition coefficient (Wildman–Crippen LogP) is 4.64. The van der Waals surface area contributed by atoms with Gasteiger partial charge in [-0.2, -0.15) is 18.3 Å². The molecule has 1 saturated heterocycles. The Labute approximate surface area is 197 Å². The third kappa shape index (κ3) is 5.32. The third-order valence-electron chi connectivity index (χ3n) is 5.65. The van der Waals surface area contributed by atoms with E-state index >= 15 is 0 Å². The van der Waals surface area contributed by atoms with Crippen LogP contribution in [0, 0.1) is 5.82 Å². The fourth-order valence-electron chi connectivity index (χ4n) is 3.94. The number of pyridine rings is 1. The molecule has 12 heteroatoms. The zero-order valence-electron chi connectivity index (χ0n) is 18.4. The van der Waals surface area contributed by atoms with Gasteiger partial charge >= 0.3 is 6.18 Å². The molecule has 0 aliphatic carbocycles. The highest BCUT2D eigenvalue weighted by atomic mass is 19.4. The van der Waals surface area contributed by atoms with Gasteiger partial charge in [-0.25, -0.2) is 19.3 Å². The van der Waals surface area contributed by atoms with Gasteiger partial charge < -0.3 is 15.4 Å². The number of anilines is 2. The number of ether oxygens (including phenoxy) is 1. The van der Waals surface area contributed by atoms with Gasteiger partial charge in [0.15, 0.2) is 12.4 Å². The van der Waals surface area contributed by atoms with Crippen LogP contribution in [0.3, 0.4) is 0 Å². The fraction of sp³-hybridized carbons (Fsp3) is 0.304. The molecule has 2 N–H and O–H groups in total. The molecule has 4 heterocycles. The maximum absolute atomic E-state index is 13.7. The summed E-state index contributed by atoms with van der Waals surface area (Å²) in [5.74, 6) is -0.786. The normalized spacial score (nSPS) is 14.9. The van der Waals surface area contributed by atoms with Crippen LogP contribution in [0.2, 0.25) is 0 Å². The Bertz CT molecular complexity index is 1340. The van der Waals surface area contributed by atoms with Crippen molar-refractivity contribution in [2.24, 2.45) is 0 Å². The van der Waals surface area contributed by atoms with Gasteiger partial charge in [0, 0.05) is 17.8 Å². The summed E-state index contributed by atoms with van der Waals surface area (Å²) < 4.78 is 58.4. The van der Waals surface area contributed by atoms with E-state index in [1.54, 1.807) is 12.3 Å². The van der Waals surface area contributed by atoms with Crippen LogP contribution in [-0.2, 0) is 0 Å². The van der Waals surface area contributed by atoms with Crippen LogP contribution in [0.5, 0.6) is 5.75 Å². The topological polar surface area (TPSA) is 89.8 Å². The molecule has 1 aliphatic heterocycles. The molecule has 0 saturated carbocycles. The van der Waals surface area contributed by atoms with Crippen molar-refractivity contribution < 1.29 is 22.3 Å². The van der Waals surface area contributed by atoms with Crippen LogP contribution in [0.4, 0.5) is 29.1 Å². The number of fused-ring (bicyclic) bond motifs is 1. The maximum Gasteiger partial charge on any atom is 0.422 e. The molecule has 182 valence electrons. The van der Waals surface area contributed by atoms with Crippen LogP contribution in [0.1, 0.15) is 18.9 Å². The molecule has 1 fully saturated rings. The van der Waals surface area contributed by atoms with Gasteiger partial charge in [0.05, 0.1) is 29.1 Å². The second-order valence-electron chi connectivity index (χ2n) is 8.15. The molecule has 0 atom stereocenters. The van der Waals surface area contributed by atoms with Crippen LogP contribution >= 0.6 is 0 Å². The van der Waals surface area contributed by atoms with Crippen molar-refractivity contribution in [1.82, 2.24) is 30.0 Å². The van der Waals surface area contributed by atoms with Gasteiger partial charge in [0.1, 0.15) is 23.4 Å². The van der Waals surface area contributed by atoms with Crippen molar-refractivity contribution in [3.63, 3.8) is 0 Å². The first-order valence-corrected chi connectivity index (χ1v) is 11.0. The van der Waals surface area contributed by atoms with E-state index in [0.29, 0.717) is 22.8 Å². The summed E-state index contributed by atoms with van der Waals surface area (Å²) in [5.41, 5.74) is 2.49. The van der Waals surface area contributed by atoms with E-state index in [0.717, 1.165) is 43.6 Å². The van der Waals surface area contributed by atoms with Crippen molar-refractivity contribution in [2.75, 3.05) is 25.0 Å². The quantitative estimate of drug-likeness (QED) is 0.383. The summed E-state index contributed by atoms with van der Waals surface area (Å²) in [6.07, 6.45) is 2.41. The number of alkyl halides is 3. The number of benzene rings is 1. The lowest BCUT2D eigenvalue weighted by atomic mass is 10.1. The number of nitrogens with zero attached hydrogens (tertiary/aromatic N) is 5. The molecule has 4 aromatic rings. The molecule has 0 radical (unpaired) electrons. The predicted molar refractivity (Wildman–Crippen MR) is 121 cm³/mol. The summed E-state index contributed by atoms with van der Waals surface area (Å²) in [7, 11) is 0. The highest BCUT2D eigenvalue weighted by Gasteiger charge is 2.29. The minimum Gasteiger partial charge on any atom is -0.482 e. The Morgan fingerprint density at radius 2 is 1.94 bits per heavy atom. The Morgan fingerprint density at radius 1 is 1.11 bits per heavy atom. The van der Waals surface area contributed by atoms with E-state index in [2.05, 4.69) is 30.7 Å². The highest BCUT2D eigenvalue weighted by Crippen LogP contribution is 2.32. The summed E-state index contributed by atoms with van der Waals surface area (Å²) >= 11 is 0. The monoisotopic (exact) mass is 487 g/mol. The lowest BCUT2D eigenvalue weighted by Gasteiger charge is -2.22. The first-order chi connectivity index (χ1) is 16.9. The van der Waals surface area contributed by atoms with Gasteiger partial charge in [-0.05, 0) is 50.2 Å². The largest absolute Gasteiger partial charge is 0.482 e. The minimum absolute atomic E-state index is 0.113. The average molecular weight is 487 g/mol. The van der Waals surface area contributed by atoms with E-state index in [4.69, 9.17) is 4.74 Å². The Kier molecular flexibility index (Phi) is 6.20. The van der Waals surface area contributed by atoms with Crippen LogP contribution in [0.15, 0.2) is 49.1 Å². The number of halogens is 4. The van der Waals surface area contributed by atoms with Crippen molar-refractivity contribution in [2.45, 2.75) is 25.1 Å². The van der Waals surface area contributed by atoms with Crippen LogP contribution < -0.4 is 15.4 Å². The molecule has 0 spiro atoms. The number of hydrogen-bond acceptors (Lipinski definition) is 7. The average Bonchev–Trinajstić information content (AvgIpc) is 3.35. The maximum atomic E-state index is 13.7. The third-order valence-corrected chi connectivity index (χ3v) is 5.65. The molecule has 1 aromatic carbocycles. The molecule has 3 aromatic heterocycles. The minimum atomic E-state index is -4.57. The van der Waals surface area contributed by atoms with Crippen molar-refractivity contribution in [3.05, 3.63) is 54.9 Å². The van der Waals surface area contributed by atoms with Gasteiger partial charge in [-0.3, -0.25) is 4.68 Å². The number of piperidine rings is 1. The fourth-order valence-corrected chi connectivity index (χ4v) is 3.94. The van der Waals surface area contributed by atoms with Gasteiger partial charge in [0.2, 0.25) is 0 Å². The number of hydrogen-bond donors (Lipinski definition) is 2. The van der Waals surface area contributed by atoms with E-state index in [-0.39, 0.29) is 17.3 Å². The van der Waals surface area contributed by atoms with E-state index < -0.39 is 18.6 Å². The number of nitrogens with one attached hydrogen (secondary N) is 2. The lowest BCUT2D eigenvalue weighted by Crippen LogP contribution is -2.29. The molecule has 0 unspecified atom stereocenters. The molecular weight excluding hydrogens is 466 g/mol. The van der Waals surface area contributed by atoms with Gasteiger partial charge in [0.25, 0.3) is 0 Å². The van der Waals surface area contributed by atoms with Crippen molar-refractivity contribution >= 4 is 22.5 Å². The highest BCUT2D eigenvalue weighted by molar-refractivity contribution is 5.89. The van der Waals surface area contributed by atoms with E-state index in [1.165, 1.54) is 12.4 Å². The molecule has 0 amide bonds. The smallest absolute Gasteiger partial charge is 0.422 e. The Balaban J connectivity index is 1.45. The molecule has 5 rings (SSSR count). The second-order valence-corrected chi connectivity index (χ2v) is 8.15. The van der Waals surface area contributed by atoms with Crippen LogP contribution in [-0.4, -0.2) is 50.6 Å². The van der Waals surface area contributed by atoms with E-state index in [9.17, 15) is 17.6 Å². The first kappa shape index (κ1) is 23.0. The van der Waals surface area contributed by atoms with Gasteiger partial charge in [-0.15, -0.1) is 0 Å². The Morgan fingerprint density at radius 3 is 2.74 bits per heavy atom. The van der Waals surface area contributed by atoms with Crippen molar-refractivity contribution in [3.8, 4) is 17.0 Å².